The van der Waals surface area contributed by atoms with Gasteiger partial charge in [0.2, 0.25) is 15.9 Å². The number of rotatable bonds is 6. The third-order valence-corrected chi connectivity index (χ3v) is 7.94. The highest BCUT2D eigenvalue weighted by atomic mass is 32.2. The van der Waals surface area contributed by atoms with E-state index < -0.39 is 15.3 Å². The second-order valence-electron chi connectivity index (χ2n) is 7.47. The summed E-state index contributed by atoms with van der Waals surface area (Å²) in [5, 5.41) is -0.490. The molecular weight excluding hydrogens is 350 g/mol. The molecule has 0 bridgehead atoms. The molecule has 2 heterocycles. The smallest absolute Gasteiger partial charge is 0.225 e. The van der Waals surface area contributed by atoms with Gasteiger partial charge in [0.15, 0.2) is 0 Å². The van der Waals surface area contributed by atoms with Gasteiger partial charge in [0.25, 0.3) is 0 Å². The number of aromatic nitrogens is 1. The first kappa shape index (κ1) is 19.3. The van der Waals surface area contributed by atoms with Crippen molar-refractivity contribution < 1.29 is 13.2 Å². The lowest BCUT2D eigenvalue weighted by molar-refractivity contribution is -0.136. The van der Waals surface area contributed by atoms with Crippen LogP contribution in [-0.4, -0.2) is 60.4 Å². The van der Waals surface area contributed by atoms with Crippen molar-refractivity contribution in [2.75, 3.05) is 26.7 Å². The maximum Gasteiger partial charge on any atom is 0.225 e. The normalized spacial score (nSPS) is 22.1. The Hall–Kier alpha value is -1.47. The summed E-state index contributed by atoms with van der Waals surface area (Å²) in [6.07, 6.45) is 7.84. The van der Waals surface area contributed by atoms with Gasteiger partial charge in [-0.15, -0.1) is 0 Å². The van der Waals surface area contributed by atoms with Crippen molar-refractivity contribution in [1.29, 1.82) is 0 Å². The van der Waals surface area contributed by atoms with Crippen molar-refractivity contribution in [1.82, 2.24) is 14.2 Å². The summed E-state index contributed by atoms with van der Waals surface area (Å²) < 4.78 is 27.4. The van der Waals surface area contributed by atoms with E-state index in [1.54, 1.807) is 18.1 Å². The fourth-order valence-electron chi connectivity index (χ4n) is 4.01. The van der Waals surface area contributed by atoms with Crippen molar-refractivity contribution >= 4 is 15.9 Å². The van der Waals surface area contributed by atoms with E-state index in [4.69, 9.17) is 0 Å². The van der Waals surface area contributed by atoms with Gasteiger partial charge in [-0.25, -0.2) is 12.7 Å². The van der Waals surface area contributed by atoms with Crippen molar-refractivity contribution in [3.63, 3.8) is 0 Å². The zero-order valence-corrected chi connectivity index (χ0v) is 16.3. The molecule has 7 heteroatoms. The van der Waals surface area contributed by atoms with Crippen LogP contribution in [0.5, 0.6) is 0 Å². The van der Waals surface area contributed by atoms with Crippen molar-refractivity contribution in [3.8, 4) is 0 Å². The molecule has 1 atom stereocenters. The number of pyridine rings is 1. The van der Waals surface area contributed by atoms with Crippen LogP contribution in [-0.2, 0) is 21.2 Å². The predicted octanol–water partition coefficient (Wildman–Crippen LogP) is 2.07. The summed E-state index contributed by atoms with van der Waals surface area (Å²) in [5.41, 5.74) is 0.885. The van der Waals surface area contributed by atoms with E-state index in [0.29, 0.717) is 32.5 Å². The molecule has 1 amide bonds. The van der Waals surface area contributed by atoms with Crippen LogP contribution in [0.15, 0.2) is 24.4 Å². The van der Waals surface area contributed by atoms with Crippen molar-refractivity contribution in [2.45, 2.75) is 50.2 Å². The second kappa shape index (κ2) is 8.48. The summed E-state index contributed by atoms with van der Waals surface area (Å²) in [6, 6.07) is 5.66. The maximum absolute atomic E-state index is 13.0. The summed E-state index contributed by atoms with van der Waals surface area (Å²) in [5.74, 6) is 0.275. The molecule has 0 aromatic carbocycles. The molecule has 1 aliphatic heterocycles. The monoisotopic (exact) mass is 379 g/mol. The first-order chi connectivity index (χ1) is 12.5. The highest BCUT2D eigenvalue weighted by Crippen LogP contribution is 2.29. The molecule has 0 N–H and O–H groups in total. The zero-order chi connectivity index (χ0) is 18.6. The van der Waals surface area contributed by atoms with Crippen LogP contribution >= 0.6 is 0 Å². The van der Waals surface area contributed by atoms with Gasteiger partial charge < -0.3 is 4.90 Å². The number of sulfonamides is 1. The average molecular weight is 380 g/mol. The Morgan fingerprint density at radius 3 is 2.69 bits per heavy atom. The Morgan fingerprint density at radius 1 is 1.23 bits per heavy atom. The van der Waals surface area contributed by atoms with Gasteiger partial charge in [0.05, 0.1) is 5.25 Å². The highest BCUT2D eigenvalue weighted by Gasteiger charge is 2.37. The minimum Gasteiger partial charge on any atom is -0.341 e. The molecule has 2 fully saturated rings. The van der Waals surface area contributed by atoms with Gasteiger partial charge >= 0.3 is 0 Å². The zero-order valence-electron chi connectivity index (χ0n) is 15.5. The van der Waals surface area contributed by atoms with E-state index in [1.807, 2.05) is 18.2 Å². The number of hydrogen-bond donors (Lipinski definition) is 0. The molecule has 1 aromatic heterocycles. The van der Waals surface area contributed by atoms with Crippen LogP contribution in [0.25, 0.3) is 0 Å². The van der Waals surface area contributed by atoms with Crippen LogP contribution in [0.4, 0.5) is 0 Å². The van der Waals surface area contributed by atoms with E-state index in [1.165, 1.54) is 4.31 Å². The fourth-order valence-corrected chi connectivity index (χ4v) is 5.70. The number of carbonyl (C=O) groups is 1. The van der Waals surface area contributed by atoms with Crippen LogP contribution in [0.2, 0.25) is 0 Å². The molecular formula is C19H29N3O3S. The molecule has 1 aromatic rings. The number of likely N-dealkylation sites (tertiary alicyclic amines) is 1. The largest absolute Gasteiger partial charge is 0.341 e. The summed E-state index contributed by atoms with van der Waals surface area (Å²) >= 11 is 0. The average Bonchev–Trinajstić information content (AvgIpc) is 3.21. The molecule has 1 saturated carbocycles. The summed E-state index contributed by atoms with van der Waals surface area (Å²) in [7, 11) is -1.78. The minimum atomic E-state index is -3.41. The van der Waals surface area contributed by atoms with Crippen molar-refractivity contribution in [2.24, 2.45) is 5.92 Å². The Kier molecular flexibility index (Phi) is 6.29. The third-order valence-electron chi connectivity index (χ3n) is 5.66. The van der Waals surface area contributed by atoms with E-state index in [-0.39, 0.29) is 11.8 Å². The molecule has 0 spiro atoms. The van der Waals surface area contributed by atoms with E-state index >= 15 is 0 Å². The number of nitrogens with zero attached hydrogens (tertiary/aromatic N) is 3. The summed E-state index contributed by atoms with van der Waals surface area (Å²) in [4.78, 5) is 18.7. The minimum absolute atomic E-state index is 0.110. The lowest BCUT2D eigenvalue weighted by atomic mass is 10.0. The molecule has 26 heavy (non-hydrogen) atoms. The van der Waals surface area contributed by atoms with Gasteiger partial charge in [-0.1, -0.05) is 18.9 Å². The van der Waals surface area contributed by atoms with E-state index in [2.05, 4.69) is 4.98 Å². The summed E-state index contributed by atoms with van der Waals surface area (Å²) in [6.45, 7) is 1.44. The van der Waals surface area contributed by atoms with Gasteiger partial charge in [0.1, 0.15) is 0 Å². The van der Waals surface area contributed by atoms with Gasteiger partial charge in [0, 0.05) is 50.9 Å². The van der Waals surface area contributed by atoms with Gasteiger partial charge in [-0.3, -0.25) is 9.78 Å². The van der Waals surface area contributed by atoms with Crippen LogP contribution < -0.4 is 0 Å². The number of hydrogen-bond acceptors (Lipinski definition) is 4. The lowest BCUT2D eigenvalue weighted by Crippen LogP contribution is -2.50. The maximum atomic E-state index is 13.0. The first-order valence-electron chi connectivity index (χ1n) is 9.62. The molecule has 6 nitrogen and oxygen atoms in total. The molecule has 144 valence electrons. The third kappa shape index (κ3) is 4.43. The standard InChI is InChI=1S/C19H29N3O3S/c1-21(14-11-17-9-4-5-12-20-17)26(24,25)18-10-6-13-22(15-18)19(23)16-7-2-3-8-16/h4-5,9,12,16,18H,2-3,6-8,10-11,13-15H2,1H3/t18-/m1/s1. The van der Waals surface area contributed by atoms with Gasteiger partial charge in [-0.05, 0) is 37.8 Å². The molecule has 3 rings (SSSR count). The van der Waals surface area contributed by atoms with Crippen LogP contribution in [0.3, 0.4) is 0 Å². The molecule has 1 saturated heterocycles. The first-order valence-corrected chi connectivity index (χ1v) is 11.1. The topological polar surface area (TPSA) is 70.6 Å². The predicted molar refractivity (Wildman–Crippen MR) is 101 cm³/mol. The second-order valence-corrected chi connectivity index (χ2v) is 9.79. The number of likely N-dealkylation sites (N-methyl/N-ethyl adjacent to an activating group) is 1. The number of piperidine rings is 1. The number of carbonyl (C=O) groups excluding carboxylic acids is 1. The molecule has 0 radical (unpaired) electrons. The Labute approximate surface area is 156 Å². The highest BCUT2D eigenvalue weighted by molar-refractivity contribution is 7.89. The van der Waals surface area contributed by atoms with Gasteiger partial charge in [-0.2, -0.15) is 0 Å². The lowest BCUT2D eigenvalue weighted by Gasteiger charge is -2.35. The van der Waals surface area contributed by atoms with Crippen molar-refractivity contribution in [3.05, 3.63) is 30.1 Å². The van der Waals surface area contributed by atoms with Crippen LogP contribution in [0, 0.1) is 5.92 Å². The quantitative estimate of drug-likeness (QED) is 0.759. The van der Waals surface area contributed by atoms with E-state index in [0.717, 1.165) is 37.8 Å². The Balaban J connectivity index is 1.59. The molecule has 0 unspecified atom stereocenters. The SMILES string of the molecule is CN(CCc1ccccn1)S(=O)(=O)[C@@H]1CCCN(C(=O)C2CCCC2)C1. The fraction of sp³-hybridized carbons (Fsp3) is 0.684. The number of amides is 1. The Morgan fingerprint density at radius 2 is 2.00 bits per heavy atom. The Bertz CT molecular complexity index is 702. The van der Waals surface area contributed by atoms with Crippen LogP contribution in [0.1, 0.15) is 44.2 Å². The molecule has 2 aliphatic rings. The molecule has 1 aliphatic carbocycles. The van der Waals surface area contributed by atoms with E-state index in [9.17, 15) is 13.2 Å².